The highest BCUT2D eigenvalue weighted by atomic mass is 32.2. The van der Waals surface area contributed by atoms with E-state index in [1.165, 1.54) is 30.3 Å². The molecule has 0 aliphatic rings. The van der Waals surface area contributed by atoms with Crippen molar-refractivity contribution in [1.82, 2.24) is 14.8 Å². The molecule has 3 rings (SSSR count). The van der Waals surface area contributed by atoms with Gasteiger partial charge in [-0.05, 0) is 36.8 Å². The predicted molar refractivity (Wildman–Crippen MR) is 119 cm³/mol. The Bertz CT molecular complexity index is 1150. The topological polar surface area (TPSA) is 88.9 Å². The normalized spacial score (nSPS) is 10.6. The Balaban J connectivity index is 1.64. The van der Waals surface area contributed by atoms with Crippen LogP contribution < -0.4 is 10.6 Å². The molecular formula is C22H21F2N5O2S. The minimum Gasteiger partial charge on any atom is -0.325 e. The second-order valence-electron chi connectivity index (χ2n) is 6.80. The molecule has 1 heterocycles. The third-order valence-corrected chi connectivity index (χ3v) is 5.34. The number of para-hydroxylation sites is 1. The highest BCUT2D eigenvalue weighted by Crippen LogP contribution is 2.20. The fourth-order valence-electron chi connectivity index (χ4n) is 2.81. The first kappa shape index (κ1) is 23.1. The molecule has 166 valence electrons. The minimum atomic E-state index is -0.538. The maximum Gasteiger partial charge on any atom is 0.234 e. The number of carbonyl (C=O) groups is 2. The van der Waals surface area contributed by atoms with Crippen molar-refractivity contribution in [2.24, 2.45) is 0 Å². The van der Waals surface area contributed by atoms with Crippen molar-refractivity contribution in [2.75, 3.05) is 16.4 Å². The van der Waals surface area contributed by atoms with Gasteiger partial charge in [-0.3, -0.25) is 9.59 Å². The highest BCUT2D eigenvalue weighted by molar-refractivity contribution is 7.99. The average Bonchev–Trinajstić information content (AvgIpc) is 3.12. The quantitative estimate of drug-likeness (QED) is 0.375. The molecule has 3 aromatic rings. The molecule has 0 bridgehead atoms. The van der Waals surface area contributed by atoms with Gasteiger partial charge in [-0.15, -0.1) is 16.8 Å². The Labute approximate surface area is 187 Å². The summed E-state index contributed by atoms with van der Waals surface area (Å²) in [6.07, 6.45) is 1.48. The lowest BCUT2D eigenvalue weighted by molar-refractivity contribution is -0.116. The summed E-state index contributed by atoms with van der Waals surface area (Å²) in [6, 6.07) is 10.0. The van der Waals surface area contributed by atoms with E-state index in [0.29, 0.717) is 23.2 Å². The van der Waals surface area contributed by atoms with Crippen LogP contribution in [-0.4, -0.2) is 32.3 Å². The average molecular weight is 458 g/mol. The van der Waals surface area contributed by atoms with Gasteiger partial charge < -0.3 is 15.2 Å². The molecule has 2 amide bonds. The molecule has 1 aromatic heterocycles. The molecule has 7 nitrogen and oxygen atoms in total. The summed E-state index contributed by atoms with van der Waals surface area (Å²) >= 11 is 1.12. The Kier molecular flexibility index (Phi) is 7.72. The molecule has 32 heavy (non-hydrogen) atoms. The van der Waals surface area contributed by atoms with Gasteiger partial charge in [0, 0.05) is 12.2 Å². The zero-order chi connectivity index (χ0) is 23.1. The van der Waals surface area contributed by atoms with Crippen LogP contribution in [0.3, 0.4) is 0 Å². The van der Waals surface area contributed by atoms with E-state index in [4.69, 9.17) is 0 Å². The van der Waals surface area contributed by atoms with E-state index < -0.39 is 17.5 Å². The summed E-state index contributed by atoms with van der Waals surface area (Å²) in [5.74, 6) is -1.42. The first-order valence-electron chi connectivity index (χ1n) is 9.63. The van der Waals surface area contributed by atoms with Crippen molar-refractivity contribution in [3.8, 4) is 0 Å². The van der Waals surface area contributed by atoms with Crippen molar-refractivity contribution in [3.63, 3.8) is 0 Å². The smallest absolute Gasteiger partial charge is 0.234 e. The van der Waals surface area contributed by atoms with Crippen LogP contribution in [0.4, 0.5) is 20.2 Å². The van der Waals surface area contributed by atoms with E-state index >= 15 is 0 Å². The first-order valence-corrected chi connectivity index (χ1v) is 10.6. The molecular weight excluding hydrogens is 436 g/mol. The number of halogens is 2. The highest BCUT2D eigenvalue weighted by Gasteiger charge is 2.17. The fraction of sp³-hybridized carbons (Fsp3) is 0.182. The van der Waals surface area contributed by atoms with Crippen LogP contribution in [0.2, 0.25) is 0 Å². The number of aryl methyl sites for hydroxylation is 1. The van der Waals surface area contributed by atoms with Gasteiger partial charge >= 0.3 is 0 Å². The minimum absolute atomic E-state index is 0.00660. The van der Waals surface area contributed by atoms with E-state index in [-0.39, 0.29) is 23.8 Å². The van der Waals surface area contributed by atoms with Crippen molar-refractivity contribution in [1.29, 1.82) is 0 Å². The molecule has 0 aliphatic carbocycles. The van der Waals surface area contributed by atoms with Gasteiger partial charge in [0.25, 0.3) is 0 Å². The van der Waals surface area contributed by atoms with Gasteiger partial charge in [0.15, 0.2) is 5.16 Å². The van der Waals surface area contributed by atoms with Crippen molar-refractivity contribution < 1.29 is 18.4 Å². The van der Waals surface area contributed by atoms with Gasteiger partial charge in [0.2, 0.25) is 11.8 Å². The third kappa shape index (κ3) is 6.01. The second kappa shape index (κ2) is 10.7. The van der Waals surface area contributed by atoms with Crippen molar-refractivity contribution in [2.45, 2.75) is 25.0 Å². The lowest BCUT2D eigenvalue weighted by Crippen LogP contribution is -2.19. The summed E-state index contributed by atoms with van der Waals surface area (Å²) in [5, 5.41) is 13.7. The molecule has 10 heteroatoms. The number of anilines is 2. The lowest BCUT2D eigenvalue weighted by atomic mass is 10.2. The molecule has 2 N–H and O–H groups in total. The van der Waals surface area contributed by atoms with Crippen LogP contribution in [0.25, 0.3) is 0 Å². The number of aromatic nitrogens is 3. The van der Waals surface area contributed by atoms with Crippen LogP contribution in [-0.2, 0) is 22.6 Å². The number of nitrogens with zero attached hydrogens (tertiary/aromatic N) is 3. The largest absolute Gasteiger partial charge is 0.325 e. The van der Waals surface area contributed by atoms with E-state index in [1.807, 2.05) is 0 Å². The van der Waals surface area contributed by atoms with Crippen LogP contribution >= 0.6 is 11.8 Å². The van der Waals surface area contributed by atoms with Gasteiger partial charge in [-0.2, -0.15) is 0 Å². The van der Waals surface area contributed by atoms with Gasteiger partial charge in [-0.1, -0.05) is 36.0 Å². The third-order valence-electron chi connectivity index (χ3n) is 4.38. The summed E-state index contributed by atoms with van der Waals surface area (Å²) in [6.45, 7) is 5.78. The van der Waals surface area contributed by atoms with Gasteiger partial charge in [-0.25, -0.2) is 8.78 Å². The zero-order valence-electron chi connectivity index (χ0n) is 17.3. The molecule has 0 spiro atoms. The SMILES string of the molecule is C=CCn1c(CC(=O)Nc2ccccc2F)nnc1SCC(=O)Nc1cc(F)ccc1C. The number of carbonyl (C=O) groups excluding carboxylic acids is 2. The van der Waals surface area contributed by atoms with Crippen molar-refractivity contribution in [3.05, 3.63) is 78.1 Å². The second-order valence-corrected chi connectivity index (χ2v) is 7.74. The molecule has 0 radical (unpaired) electrons. The van der Waals surface area contributed by atoms with E-state index in [1.54, 1.807) is 29.7 Å². The number of thioether (sulfide) groups is 1. The zero-order valence-corrected chi connectivity index (χ0v) is 18.1. The maximum absolute atomic E-state index is 13.7. The Hall–Kier alpha value is -3.53. The van der Waals surface area contributed by atoms with E-state index in [9.17, 15) is 18.4 Å². The molecule has 2 aromatic carbocycles. The molecule has 0 fully saturated rings. The predicted octanol–water partition coefficient (Wildman–Crippen LogP) is 3.96. The van der Waals surface area contributed by atoms with Gasteiger partial charge in [0.1, 0.15) is 17.5 Å². The Morgan fingerprint density at radius 2 is 1.84 bits per heavy atom. The number of hydrogen-bond acceptors (Lipinski definition) is 5. The molecule has 0 saturated heterocycles. The fourth-order valence-corrected chi connectivity index (χ4v) is 3.58. The summed E-state index contributed by atoms with van der Waals surface area (Å²) in [4.78, 5) is 24.6. The standard InChI is InChI=1S/C22H21F2N5O2S/c1-3-10-29-19(12-20(30)25-17-7-5-4-6-16(17)24)27-28-22(29)32-13-21(31)26-18-11-15(23)9-8-14(18)2/h3-9,11H,1,10,12-13H2,2H3,(H,25,30)(H,26,31). The summed E-state index contributed by atoms with van der Waals surface area (Å²) < 4.78 is 28.8. The van der Waals surface area contributed by atoms with Crippen LogP contribution in [0, 0.1) is 18.6 Å². The number of rotatable bonds is 9. The number of hydrogen-bond donors (Lipinski definition) is 2. The molecule has 0 saturated carbocycles. The van der Waals surface area contributed by atoms with Crippen LogP contribution in [0.5, 0.6) is 0 Å². The van der Waals surface area contributed by atoms with Gasteiger partial charge in [0.05, 0.1) is 17.9 Å². The maximum atomic E-state index is 13.7. The molecule has 0 aliphatic heterocycles. The Morgan fingerprint density at radius 3 is 2.59 bits per heavy atom. The summed E-state index contributed by atoms with van der Waals surface area (Å²) in [7, 11) is 0. The van der Waals surface area contributed by atoms with E-state index in [2.05, 4.69) is 27.4 Å². The van der Waals surface area contributed by atoms with Crippen LogP contribution in [0.15, 0.2) is 60.3 Å². The Morgan fingerprint density at radius 1 is 1.09 bits per heavy atom. The number of allylic oxidation sites excluding steroid dienone is 1. The van der Waals surface area contributed by atoms with E-state index in [0.717, 1.165) is 17.3 Å². The number of nitrogens with one attached hydrogen (secondary N) is 2. The van der Waals surface area contributed by atoms with Crippen molar-refractivity contribution >= 4 is 35.0 Å². The van der Waals surface area contributed by atoms with Crippen LogP contribution in [0.1, 0.15) is 11.4 Å². The number of benzene rings is 2. The lowest BCUT2D eigenvalue weighted by Gasteiger charge is -2.10. The monoisotopic (exact) mass is 457 g/mol. The number of amides is 2. The molecule has 0 atom stereocenters. The molecule has 0 unspecified atom stereocenters. The first-order chi connectivity index (χ1) is 15.4. The summed E-state index contributed by atoms with van der Waals surface area (Å²) in [5.41, 5.74) is 1.21.